The predicted octanol–water partition coefficient (Wildman–Crippen LogP) is 3.29. The van der Waals surface area contributed by atoms with Gasteiger partial charge in [0.15, 0.2) is 4.67 Å². The van der Waals surface area contributed by atoms with E-state index in [9.17, 15) is 0 Å². The van der Waals surface area contributed by atoms with Gasteiger partial charge in [0.05, 0.1) is 11.7 Å². The van der Waals surface area contributed by atoms with E-state index >= 15 is 0 Å². The topological polar surface area (TPSA) is 38.1 Å². The maximum atomic E-state index is 5.47. The molecule has 2 rings (SSSR count). The van der Waals surface area contributed by atoms with Crippen molar-refractivity contribution >= 4 is 15.9 Å². The van der Waals surface area contributed by atoms with E-state index in [0.717, 1.165) is 22.7 Å². The summed E-state index contributed by atoms with van der Waals surface area (Å²) in [5.41, 5.74) is 1.03. The average molecular weight is 281 g/mol. The molecule has 0 spiro atoms. The van der Waals surface area contributed by atoms with Gasteiger partial charge in [0.1, 0.15) is 5.76 Å². The van der Waals surface area contributed by atoms with Gasteiger partial charge >= 0.3 is 0 Å². The van der Waals surface area contributed by atoms with Crippen LogP contribution in [0.4, 0.5) is 0 Å². The molecule has 0 aliphatic carbocycles. The van der Waals surface area contributed by atoms with Crippen LogP contribution < -0.4 is 5.32 Å². The van der Waals surface area contributed by atoms with Crippen LogP contribution in [0.5, 0.6) is 0 Å². The van der Waals surface area contributed by atoms with E-state index in [4.69, 9.17) is 4.42 Å². The van der Waals surface area contributed by atoms with Crippen molar-refractivity contribution in [3.63, 3.8) is 0 Å². The van der Waals surface area contributed by atoms with E-state index in [1.165, 1.54) is 0 Å². The SMILES string of the molecule is CC(NCc1ccccn1)c1ccc(Br)o1. The molecular formula is C12H13BrN2O. The fourth-order valence-electron chi connectivity index (χ4n) is 1.42. The third-order valence-corrected chi connectivity index (χ3v) is 2.76. The van der Waals surface area contributed by atoms with Crippen molar-refractivity contribution in [2.45, 2.75) is 19.5 Å². The van der Waals surface area contributed by atoms with Crippen LogP contribution >= 0.6 is 15.9 Å². The molecule has 0 fully saturated rings. The highest BCUT2D eigenvalue weighted by Gasteiger charge is 2.08. The van der Waals surface area contributed by atoms with Crippen LogP contribution in [-0.4, -0.2) is 4.98 Å². The Morgan fingerprint density at radius 1 is 1.38 bits per heavy atom. The monoisotopic (exact) mass is 280 g/mol. The maximum Gasteiger partial charge on any atom is 0.169 e. The van der Waals surface area contributed by atoms with Crippen molar-refractivity contribution in [2.75, 3.05) is 0 Å². The van der Waals surface area contributed by atoms with Crippen LogP contribution in [-0.2, 0) is 6.54 Å². The number of furan rings is 1. The van der Waals surface area contributed by atoms with Gasteiger partial charge < -0.3 is 9.73 Å². The summed E-state index contributed by atoms with van der Waals surface area (Å²) in [6.45, 7) is 2.80. The normalized spacial score (nSPS) is 12.6. The Labute approximate surface area is 103 Å². The van der Waals surface area contributed by atoms with Gasteiger partial charge in [-0.3, -0.25) is 4.98 Å². The molecule has 2 aromatic rings. The van der Waals surface area contributed by atoms with Crippen LogP contribution in [0, 0.1) is 0 Å². The zero-order valence-electron chi connectivity index (χ0n) is 8.98. The van der Waals surface area contributed by atoms with Gasteiger partial charge in [0.25, 0.3) is 0 Å². The first kappa shape index (κ1) is 11.4. The molecule has 0 amide bonds. The van der Waals surface area contributed by atoms with Crippen LogP contribution in [0.3, 0.4) is 0 Å². The highest BCUT2D eigenvalue weighted by molar-refractivity contribution is 9.10. The number of aromatic nitrogens is 1. The zero-order chi connectivity index (χ0) is 11.4. The van der Waals surface area contributed by atoms with Gasteiger partial charge in [-0.2, -0.15) is 0 Å². The van der Waals surface area contributed by atoms with Crippen molar-refractivity contribution in [3.05, 3.63) is 52.7 Å². The zero-order valence-corrected chi connectivity index (χ0v) is 10.6. The summed E-state index contributed by atoms with van der Waals surface area (Å²) in [7, 11) is 0. The van der Waals surface area contributed by atoms with Crippen LogP contribution in [0.2, 0.25) is 0 Å². The van der Waals surface area contributed by atoms with Gasteiger partial charge in [-0.05, 0) is 47.1 Å². The molecule has 4 heteroatoms. The lowest BCUT2D eigenvalue weighted by Crippen LogP contribution is -2.18. The quantitative estimate of drug-likeness (QED) is 0.934. The summed E-state index contributed by atoms with van der Waals surface area (Å²) < 4.78 is 6.23. The van der Waals surface area contributed by atoms with Crippen LogP contribution in [0.25, 0.3) is 0 Å². The smallest absolute Gasteiger partial charge is 0.169 e. The molecule has 16 heavy (non-hydrogen) atoms. The van der Waals surface area contributed by atoms with Crippen LogP contribution in [0.15, 0.2) is 45.6 Å². The first-order valence-corrected chi connectivity index (χ1v) is 5.93. The second-order valence-corrected chi connectivity index (χ2v) is 4.35. The third-order valence-electron chi connectivity index (χ3n) is 2.34. The Hall–Kier alpha value is -1.13. The van der Waals surface area contributed by atoms with Gasteiger partial charge in [0.2, 0.25) is 0 Å². The third kappa shape index (κ3) is 2.93. The number of rotatable bonds is 4. The molecule has 84 valence electrons. The van der Waals surface area contributed by atoms with E-state index in [0.29, 0.717) is 0 Å². The minimum atomic E-state index is 0.174. The Morgan fingerprint density at radius 2 is 2.25 bits per heavy atom. The molecule has 0 aliphatic rings. The molecule has 0 radical (unpaired) electrons. The molecule has 1 atom stereocenters. The second kappa shape index (κ2) is 5.27. The number of hydrogen-bond donors (Lipinski definition) is 1. The molecule has 3 nitrogen and oxygen atoms in total. The number of nitrogens with one attached hydrogen (secondary N) is 1. The summed E-state index contributed by atoms with van der Waals surface area (Å²) in [4.78, 5) is 4.25. The first-order valence-electron chi connectivity index (χ1n) is 5.14. The van der Waals surface area contributed by atoms with Gasteiger partial charge in [-0.1, -0.05) is 6.07 Å². The van der Waals surface area contributed by atoms with Gasteiger partial charge in [-0.15, -0.1) is 0 Å². The predicted molar refractivity (Wildman–Crippen MR) is 65.9 cm³/mol. The molecule has 0 aliphatic heterocycles. The van der Waals surface area contributed by atoms with Crippen molar-refractivity contribution in [2.24, 2.45) is 0 Å². The number of pyridine rings is 1. The van der Waals surface area contributed by atoms with Crippen molar-refractivity contribution in [1.29, 1.82) is 0 Å². The fraction of sp³-hybridized carbons (Fsp3) is 0.250. The molecular weight excluding hydrogens is 268 g/mol. The molecule has 0 aromatic carbocycles. The maximum absolute atomic E-state index is 5.47. The largest absolute Gasteiger partial charge is 0.453 e. The first-order chi connectivity index (χ1) is 7.75. The molecule has 0 saturated carbocycles. The van der Waals surface area contributed by atoms with Crippen LogP contribution in [0.1, 0.15) is 24.4 Å². The molecule has 1 N–H and O–H groups in total. The Bertz CT molecular complexity index is 441. The van der Waals surface area contributed by atoms with Crippen molar-refractivity contribution in [3.8, 4) is 0 Å². The molecule has 0 bridgehead atoms. The molecule has 2 heterocycles. The summed E-state index contributed by atoms with van der Waals surface area (Å²) in [5.74, 6) is 0.919. The summed E-state index contributed by atoms with van der Waals surface area (Å²) >= 11 is 3.29. The summed E-state index contributed by atoms with van der Waals surface area (Å²) in [6, 6.07) is 9.93. The molecule has 2 aromatic heterocycles. The van der Waals surface area contributed by atoms with E-state index < -0.39 is 0 Å². The fourth-order valence-corrected chi connectivity index (χ4v) is 1.74. The highest BCUT2D eigenvalue weighted by atomic mass is 79.9. The van der Waals surface area contributed by atoms with E-state index in [1.54, 1.807) is 6.20 Å². The van der Waals surface area contributed by atoms with E-state index in [1.807, 2.05) is 30.3 Å². The lowest BCUT2D eigenvalue weighted by atomic mass is 10.2. The number of nitrogens with zero attached hydrogens (tertiary/aromatic N) is 1. The number of halogens is 1. The average Bonchev–Trinajstić information content (AvgIpc) is 2.74. The minimum Gasteiger partial charge on any atom is -0.453 e. The molecule has 1 unspecified atom stereocenters. The van der Waals surface area contributed by atoms with Gasteiger partial charge in [-0.25, -0.2) is 0 Å². The Kier molecular flexibility index (Phi) is 3.74. The minimum absolute atomic E-state index is 0.174. The lowest BCUT2D eigenvalue weighted by Gasteiger charge is -2.10. The highest BCUT2D eigenvalue weighted by Crippen LogP contribution is 2.20. The molecule has 0 saturated heterocycles. The summed E-state index contributed by atoms with van der Waals surface area (Å²) in [5, 5.41) is 3.35. The van der Waals surface area contributed by atoms with Crippen molar-refractivity contribution < 1.29 is 4.42 Å². The Morgan fingerprint density at radius 3 is 2.88 bits per heavy atom. The standard InChI is InChI=1S/C12H13BrN2O/c1-9(11-5-6-12(13)16-11)15-8-10-4-2-3-7-14-10/h2-7,9,15H,8H2,1H3. The lowest BCUT2D eigenvalue weighted by molar-refractivity contribution is 0.416. The van der Waals surface area contributed by atoms with Crippen molar-refractivity contribution in [1.82, 2.24) is 10.3 Å². The van der Waals surface area contributed by atoms with E-state index in [-0.39, 0.29) is 6.04 Å². The summed E-state index contributed by atoms with van der Waals surface area (Å²) in [6.07, 6.45) is 1.80. The number of hydrogen-bond acceptors (Lipinski definition) is 3. The van der Waals surface area contributed by atoms with Gasteiger partial charge in [0, 0.05) is 12.7 Å². The van der Waals surface area contributed by atoms with E-state index in [2.05, 4.69) is 33.2 Å². The second-order valence-electron chi connectivity index (χ2n) is 3.57. The Balaban J connectivity index is 1.91.